The van der Waals surface area contributed by atoms with E-state index in [1.807, 2.05) is 97.1 Å². The molecule has 0 aliphatic heterocycles. The molecule has 0 radical (unpaired) electrons. The fourth-order valence-corrected chi connectivity index (χ4v) is 11.8. The number of aromatic nitrogens is 4. The first kappa shape index (κ1) is 77.2. The van der Waals surface area contributed by atoms with Crippen LogP contribution in [0.15, 0.2) is 170 Å². The van der Waals surface area contributed by atoms with Crippen molar-refractivity contribution in [1.82, 2.24) is 19.9 Å². The summed E-state index contributed by atoms with van der Waals surface area (Å²) in [6.07, 6.45) is 23.3. The second-order valence-corrected chi connectivity index (χ2v) is 26.8. The molecule has 0 spiro atoms. The van der Waals surface area contributed by atoms with Crippen LogP contribution in [-0.4, -0.2) is 66.8 Å². The van der Waals surface area contributed by atoms with E-state index in [-0.39, 0.29) is 23.0 Å². The Labute approximate surface area is 615 Å². The van der Waals surface area contributed by atoms with E-state index >= 15 is 0 Å². The van der Waals surface area contributed by atoms with Crippen molar-refractivity contribution in [2.45, 2.75) is 158 Å². The highest BCUT2D eigenvalue weighted by Crippen LogP contribution is 2.36. The minimum absolute atomic E-state index is 0.0158. The summed E-state index contributed by atoms with van der Waals surface area (Å²) in [5.74, 6) is 3.56. The average molecular weight is 1390 g/mol. The summed E-state index contributed by atoms with van der Waals surface area (Å²) >= 11 is 0. The van der Waals surface area contributed by atoms with Gasteiger partial charge in [-0.15, -0.1) is 0 Å². The van der Waals surface area contributed by atoms with Crippen molar-refractivity contribution in [3.8, 4) is 46.0 Å². The van der Waals surface area contributed by atoms with E-state index in [2.05, 4.69) is 104 Å². The first-order valence-electron chi connectivity index (χ1n) is 37.4. The van der Waals surface area contributed by atoms with Gasteiger partial charge in [-0.1, -0.05) is 193 Å². The zero-order chi connectivity index (χ0) is 73.4. The van der Waals surface area contributed by atoms with Gasteiger partial charge in [0.2, 0.25) is 0 Å². The Kier molecular flexibility index (Phi) is 30.2. The summed E-state index contributed by atoms with van der Waals surface area (Å²) in [5.41, 5.74) is 1.86. The average Bonchev–Trinajstić information content (AvgIpc) is 0.818. The van der Waals surface area contributed by atoms with Crippen LogP contribution in [0.2, 0.25) is 0 Å². The molecule has 12 nitrogen and oxygen atoms in total. The molecule has 4 atom stereocenters. The molecule has 0 aliphatic carbocycles. The number of hydrogen-bond donors (Lipinski definition) is 4. The minimum Gasteiger partial charge on any atom is -0.507 e. The summed E-state index contributed by atoms with van der Waals surface area (Å²) < 4.78 is 26.7. The molecule has 0 saturated carbocycles. The van der Waals surface area contributed by atoms with Gasteiger partial charge in [0, 0.05) is 114 Å². The molecule has 4 unspecified atom stereocenters. The lowest BCUT2D eigenvalue weighted by molar-refractivity contribution is 0.199. The second kappa shape index (κ2) is 40.7. The van der Waals surface area contributed by atoms with Gasteiger partial charge in [-0.2, -0.15) is 0 Å². The smallest absolute Gasteiger partial charge is 0.163 e. The third-order valence-electron chi connectivity index (χ3n) is 18.8. The van der Waals surface area contributed by atoms with Crippen LogP contribution < -0.4 is 18.9 Å². The van der Waals surface area contributed by atoms with Crippen molar-refractivity contribution in [2.24, 2.45) is 23.7 Å². The monoisotopic (exact) mass is 1390 g/mol. The molecule has 7 heterocycles. The van der Waals surface area contributed by atoms with Gasteiger partial charge in [0.15, 0.2) is 23.0 Å². The second-order valence-electron chi connectivity index (χ2n) is 26.8. The van der Waals surface area contributed by atoms with E-state index in [1.54, 1.807) is 73.3 Å². The van der Waals surface area contributed by atoms with E-state index in [1.165, 1.54) is 0 Å². The highest BCUT2D eigenvalue weighted by molar-refractivity contribution is 5.82. The molecule has 0 saturated heterocycles. The molecule has 104 heavy (non-hydrogen) atoms. The van der Waals surface area contributed by atoms with Crippen LogP contribution in [-0.2, 0) is 0 Å². The van der Waals surface area contributed by atoms with Crippen molar-refractivity contribution in [3.05, 3.63) is 219 Å². The van der Waals surface area contributed by atoms with Gasteiger partial charge < -0.3 is 39.4 Å². The van der Waals surface area contributed by atoms with Gasteiger partial charge in [-0.25, -0.2) is 0 Å². The van der Waals surface area contributed by atoms with Crippen LogP contribution in [0.1, 0.15) is 158 Å². The summed E-state index contributed by atoms with van der Waals surface area (Å²) in [6.45, 7) is 19.6. The van der Waals surface area contributed by atoms with Gasteiger partial charge in [-0.3, -0.25) is 19.9 Å². The minimum atomic E-state index is -0.0158. The fraction of sp³-hybridized carbons (Fsp3) is 0.348. The standard InChI is InChI=1S/C92H100N4O8/c1-9-17-23-65(13-5)61-101-89-53-81-82(54-90(89)102-62-66(14-6)24-18-10-2)94-58-78-44-40-74(50-86(78)98)36-32-70-28-22-30-72(48-70)34-38-76-42-46-80(88(100)52-76)60-96-84-56-92(104-64-68(16-8)26-20-12-4)91(103-63-67(15-7)25-19-11-3)55-83(84)95-59-79-45-41-75(51-87(79)99)37-33-71-29-21-27-69(47-71)31-35-73-39-43-77(57-93-81)85(97)49-73/h21-22,27-30,39-60,65-68,97-100H,9-20,23-26,61-64H2,1-8H3. The van der Waals surface area contributed by atoms with Crippen molar-refractivity contribution in [2.75, 3.05) is 26.4 Å². The topological polar surface area (TPSA) is 169 Å². The van der Waals surface area contributed by atoms with Crippen LogP contribution in [0.4, 0.5) is 0 Å². The van der Waals surface area contributed by atoms with Crippen LogP contribution in [0.25, 0.3) is 86.7 Å². The fourth-order valence-electron chi connectivity index (χ4n) is 11.8. The Morgan fingerprint density at radius 1 is 0.279 bits per heavy atom. The first-order valence-corrected chi connectivity index (χ1v) is 37.4. The molecule has 12 heteroatoms. The Bertz CT molecular complexity index is 4240. The molecule has 0 amide bonds. The largest absolute Gasteiger partial charge is 0.507 e. The van der Waals surface area contributed by atoms with Crippen LogP contribution in [0.5, 0.6) is 46.0 Å². The van der Waals surface area contributed by atoms with E-state index in [0.29, 0.717) is 138 Å². The number of rotatable bonds is 28. The normalized spacial score (nSPS) is 11.9. The Morgan fingerprint density at radius 3 is 0.683 bits per heavy atom. The highest BCUT2D eigenvalue weighted by atomic mass is 16.5. The number of hydrogen-bond acceptors (Lipinski definition) is 12. The van der Waals surface area contributed by atoms with E-state index in [9.17, 15) is 20.4 Å². The quantitative estimate of drug-likeness (QED) is 0.0367. The molecule has 7 aromatic heterocycles. The number of nitrogens with zero attached hydrogens (tertiary/aromatic N) is 4. The number of aromatic hydroxyl groups is 4. The molecule has 15 rings (SSSR count). The third kappa shape index (κ3) is 23.6. The summed E-state index contributed by atoms with van der Waals surface area (Å²) in [4.78, 5) is 19.8. The maximum atomic E-state index is 11.5. The summed E-state index contributed by atoms with van der Waals surface area (Å²) in [5, 5.41) is 53.2. The van der Waals surface area contributed by atoms with E-state index in [4.69, 9.17) is 38.9 Å². The Balaban J connectivity index is 1.20. The number of ether oxygens (including phenoxy) is 4. The van der Waals surface area contributed by atoms with Crippen molar-refractivity contribution in [3.63, 3.8) is 0 Å². The summed E-state index contributed by atoms with van der Waals surface area (Å²) in [7, 11) is 0. The molecular weight excluding hydrogens is 1290 g/mol. The lowest BCUT2D eigenvalue weighted by Crippen LogP contribution is -2.14. The molecule has 0 aliphatic rings. The molecule has 0 fully saturated rings. The number of benzene rings is 8. The van der Waals surface area contributed by atoms with Gasteiger partial charge in [0.25, 0.3) is 0 Å². The predicted octanol–water partition coefficient (Wildman–Crippen LogP) is 23.4. The molecule has 15 aromatic rings. The molecule has 4 N–H and O–H groups in total. The van der Waals surface area contributed by atoms with Crippen LogP contribution >= 0.6 is 0 Å². The first-order chi connectivity index (χ1) is 50.8. The number of phenolic OH excluding ortho intramolecular Hbond substituents is 4. The van der Waals surface area contributed by atoms with Gasteiger partial charge in [0.05, 0.1) is 48.5 Å². The molecule has 8 aromatic carbocycles. The zero-order valence-corrected chi connectivity index (χ0v) is 61.8. The highest BCUT2D eigenvalue weighted by Gasteiger charge is 2.18. The predicted molar refractivity (Wildman–Crippen MR) is 425 cm³/mol. The Morgan fingerprint density at radius 2 is 0.490 bits per heavy atom. The Hall–Kier alpha value is -10.9. The van der Waals surface area contributed by atoms with E-state index < -0.39 is 0 Å². The molecular formula is C92H100N4O8. The van der Waals surface area contributed by atoms with E-state index in [0.717, 1.165) is 124 Å². The lowest BCUT2D eigenvalue weighted by Gasteiger charge is -2.20. The lowest BCUT2D eigenvalue weighted by atomic mass is 10.0. The molecule has 12 bridgehead atoms. The number of unbranched alkanes of at least 4 members (excludes halogenated alkanes) is 4. The van der Waals surface area contributed by atoms with Crippen molar-refractivity contribution >= 4 is 86.7 Å². The van der Waals surface area contributed by atoms with Gasteiger partial charge in [0.1, 0.15) is 23.0 Å². The maximum absolute atomic E-state index is 11.5. The van der Waals surface area contributed by atoms with Gasteiger partial charge >= 0.3 is 0 Å². The van der Waals surface area contributed by atoms with Gasteiger partial charge in [-0.05, 0) is 159 Å². The maximum Gasteiger partial charge on any atom is 0.163 e. The van der Waals surface area contributed by atoms with Crippen molar-refractivity contribution in [1.29, 1.82) is 0 Å². The number of phenols is 4. The SMILES string of the molecule is CCCCC(CC)COc1cc2ncc3ccc(c#cc4cccc(c#cc5ccc(cnc6cc(OCC(CC)CCCC)c(OCC(CC)CCCC)cc6ncc6ccc(c#cc7cccc(c#cc8ccc(cnc2cc1OCC(CC)CCCC)c(O)c8)c7)cc6O)c(O)c5)c4)cc3O. The summed E-state index contributed by atoms with van der Waals surface area (Å²) in [6, 6.07) is 69.2. The van der Waals surface area contributed by atoms with Crippen molar-refractivity contribution < 1.29 is 39.4 Å². The van der Waals surface area contributed by atoms with Crippen LogP contribution in [0, 0.1) is 72.2 Å². The zero-order valence-electron chi connectivity index (χ0n) is 61.8. The molecule has 536 valence electrons. The van der Waals surface area contributed by atoms with Crippen LogP contribution in [0.3, 0.4) is 0 Å². The third-order valence-corrected chi connectivity index (χ3v) is 18.8.